The molecule has 0 saturated heterocycles. The lowest BCUT2D eigenvalue weighted by Gasteiger charge is -2.10. The zero-order valence-corrected chi connectivity index (χ0v) is 7.77. The van der Waals surface area contributed by atoms with E-state index in [2.05, 4.69) is 39.1 Å². The molecule has 0 amide bonds. The van der Waals surface area contributed by atoms with E-state index in [4.69, 9.17) is 0 Å². The Hall–Kier alpha value is -1.71. The fourth-order valence-corrected chi connectivity index (χ4v) is 1.30. The normalized spacial score (nSPS) is 15.9. The average Bonchev–Trinajstić information content (AvgIpc) is 2.68. The number of aromatic nitrogens is 4. The van der Waals surface area contributed by atoms with Crippen molar-refractivity contribution in [2.45, 2.75) is 6.42 Å². The second kappa shape index (κ2) is 4.00. The second-order valence-corrected chi connectivity index (χ2v) is 2.96. The lowest BCUT2D eigenvalue weighted by molar-refractivity contribution is 0.733. The van der Waals surface area contributed by atoms with Crippen LogP contribution < -0.4 is 5.32 Å². The van der Waals surface area contributed by atoms with E-state index in [1.807, 2.05) is 0 Å². The summed E-state index contributed by atoms with van der Waals surface area (Å²) in [6.07, 6.45) is 4.68. The van der Waals surface area contributed by atoms with E-state index >= 15 is 0 Å². The molecule has 0 atom stereocenters. The number of hydrogen-bond acceptors (Lipinski definition) is 4. The zero-order chi connectivity index (χ0) is 9.80. The first-order valence-electron chi connectivity index (χ1n) is 4.46. The maximum absolute atomic E-state index is 4.15. The van der Waals surface area contributed by atoms with E-state index < -0.39 is 0 Å². The molecule has 5 heteroatoms. The highest BCUT2D eigenvalue weighted by atomic mass is 15.6. The van der Waals surface area contributed by atoms with Gasteiger partial charge in [0, 0.05) is 12.1 Å². The molecule has 0 unspecified atom stereocenters. The van der Waals surface area contributed by atoms with Crippen molar-refractivity contribution in [3.05, 3.63) is 24.2 Å². The van der Waals surface area contributed by atoms with Gasteiger partial charge in [0.05, 0.1) is 6.20 Å². The van der Waals surface area contributed by atoms with Gasteiger partial charge in [0.15, 0.2) is 0 Å². The third-order valence-electron chi connectivity index (χ3n) is 1.95. The lowest BCUT2D eigenvalue weighted by atomic mass is 10.1. The number of rotatable bonds is 2. The van der Waals surface area contributed by atoms with Gasteiger partial charge in [-0.2, -0.15) is 0 Å². The molecule has 1 aromatic heterocycles. The molecule has 1 aliphatic heterocycles. The van der Waals surface area contributed by atoms with Crippen LogP contribution in [0.15, 0.2) is 18.4 Å². The summed E-state index contributed by atoms with van der Waals surface area (Å²) in [4.78, 5) is 1.36. The molecule has 1 aliphatic rings. The van der Waals surface area contributed by atoms with Crippen molar-refractivity contribution in [1.82, 2.24) is 25.5 Å². The SMILES string of the molecule is C=C=Cn1nnc(C2=CCCNC2)n1. The van der Waals surface area contributed by atoms with Gasteiger partial charge in [0.1, 0.15) is 0 Å². The largest absolute Gasteiger partial charge is 0.312 e. The van der Waals surface area contributed by atoms with E-state index in [0.29, 0.717) is 5.82 Å². The summed E-state index contributed by atoms with van der Waals surface area (Å²) >= 11 is 0. The van der Waals surface area contributed by atoms with Crippen LogP contribution in [-0.4, -0.2) is 33.3 Å². The molecular formula is C9H11N5. The molecule has 2 heterocycles. The summed E-state index contributed by atoms with van der Waals surface area (Å²) in [6, 6.07) is 0. The van der Waals surface area contributed by atoms with Gasteiger partial charge in [-0.3, -0.25) is 0 Å². The van der Waals surface area contributed by atoms with Gasteiger partial charge in [0.2, 0.25) is 5.82 Å². The smallest absolute Gasteiger partial charge is 0.202 e. The van der Waals surface area contributed by atoms with E-state index in [9.17, 15) is 0 Å². The first-order valence-corrected chi connectivity index (χ1v) is 4.46. The summed E-state index contributed by atoms with van der Waals surface area (Å²) in [5.74, 6) is 0.670. The molecule has 0 aliphatic carbocycles. The molecule has 0 spiro atoms. The molecule has 0 bridgehead atoms. The van der Waals surface area contributed by atoms with Gasteiger partial charge in [-0.25, -0.2) is 0 Å². The molecule has 72 valence electrons. The predicted octanol–water partition coefficient (Wildman–Crippen LogP) is 0.305. The number of hydrogen-bond donors (Lipinski definition) is 1. The molecule has 14 heavy (non-hydrogen) atoms. The third kappa shape index (κ3) is 1.79. The molecule has 2 rings (SSSR count). The Kier molecular flexibility index (Phi) is 2.53. The summed E-state index contributed by atoms with van der Waals surface area (Å²) in [6.45, 7) is 5.27. The molecule has 0 saturated carbocycles. The lowest BCUT2D eigenvalue weighted by Crippen LogP contribution is -2.21. The zero-order valence-electron chi connectivity index (χ0n) is 7.77. The maximum Gasteiger partial charge on any atom is 0.202 e. The Morgan fingerprint density at radius 2 is 2.57 bits per heavy atom. The van der Waals surface area contributed by atoms with Crippen molar-refractivity contribution in [2.75, 3.05) is 13.1 Å². The van der Waals surface area contributed by atoms with Crippen molar-refractivity contribution < 1.29 is 0 Å². The Labute approximate surface area is 81.8 Å². The number of nitrogens with one attached hydrogen (secondary N) is 1. The van der Waals surface area contributed by atoms with Gasteiger partial charge in [0.25, 0.3) is 0 Å². The summed E-state index contributed by atoms with van der Waals surface area (Å²) in [7, 11) is 0. The topological polar surface area (TPSA) is 55.6 Å². The molecule has 1 aromatic rings. The summed E-state index contributed by atoms with van der Waals surface area (Å²) in [5.41, 5.74) is 3.69. The van der Waals surface area contributed by atoms with Crippen LogP contribution in [0.1, 0.15) is 12.2 Å². The highest BCUT2D eigenvalue weighted by molar-refractivity contribution is 5.61. The molecule has 0 aromatic carbocycles. The highest BCUT2D eigenvalue weighted by Gasteiger charge is 2.10. The fraction of sp³-hybridized carbons (Fsp3) is 0.333. The second-order valence-electron chi connectivity index (χ2n) is 2.96. The monoisotopic (exact) mass is 189 g/mol. The van der Waals surface area contributed by atoms with Crippen molar-refractivity contribution in [2.24, 2.45) is 0 Å². The Morgan fingerprint density at radius 3 is 3.29 bits per heavy atom. The molecular weight excluding hydrogens is 178 g/mol. The third-order valence-corrected chi connectivity index (χ3v) is 1.95. The molecule has 0 fully saturated rings. The minimum absolute atomic E-state index is 0.670. The van der Waals surface area contributed by atoms with E-state index in [0.717, 1.165) is 25.1 Å². The van der Waals surface area contributed by atoms with Crippen LogP contribution in [0.5, 0.6) is 0 Å². The highest BCUT2D eigenvalue weighted by Crippen LogP contribution is 2.10. The molecule has 5 nitrogen and oxygen atoms in total. The quantitative estimate of drug-likeness (QED) is 0.680. The summed E-state index contributed by atoms with van der Waals surface area (Å²) < 4.78 is 0. The van der Waals surface area contributed by atoms with Gasteiger partial charge in [-0.1, -0.05) is 12.7 Å². The standard InChI is InChI=1S/C9H11N5/c1-2-6-14-12-9(11-13-14)8-4-3-5-10-7-8/h4,6,10H,1,3,5,7H2. The van der Waals surface area contributed by atoms with Crippen LogP contribution in [-0.2, 0) is 0 Å². The van der Waals surface area contributed by atoms with Crippen molar-refractivity contribution >= 4 is 11.8 Å². The van der Waals surface area contributed by atoms with Crippen molar-refractivity contribution in [3.8, 4) is 0 Å². The number of tetrazole rings is 1. The minimum atomic E-state index is 0.670. The molecule has 0 radical (unpaired) electrons. The Balaban J connectivity index is 2.23. The minimum Gasteiger partial charge on any atom is -0.312 e. The van der Waals surface area contributed by atoms with E-state index in [1.54, 1.807) is 0 Å². The first-order chi connectivity index (χ1) is 6.90. The van der Waals surface area contributed by atoms with Crippen LogP contribution >= 0.6 is 0 Å². The predicted molar refractivity (Wildman–Crippen MR) is 53.2 cm³/mol. The summed E-state index contributed by atoms with van der Waals surface area (Å²) in [5, 5.41) is 15.2. The van der Waals surface area contributed by atoms with Crippen LogP contribution in [0.3, 0.4) is 0 Å². The number of nitrogens with zero attached hydrogens (tertiary/aromatic N) is 4. The van der Waals surface area contributed by atoms with Crippen LogP contribution in [0.4, 0.5) is 0 Å². The van der Waals surface area contributed by atoms with Crippen molar-refractivity contribution in [3.63, 3.8) is 0 Å². The first kappa shape index (κ1) is 8.87. The van der Waals surface area contributed by atoms with Gasteiger partial charge >= 0.3 is 0 Å². The van der Waals surface area contributed by atoms with E-state index in [1.165, 1.54) is 11.0 Å². The van der Waals surface area contributed by atoms with Crippen molar-refractivity contribution in [1.29, 1.82) is 0 Å². The fourth-order valence-electron chi connectivity index (χ4n) is 1.30. The van der Waals surface area contributed by atoms with Crippen LogP contribution in [0.2, 0.25) is 0 Å². The van der Waals surface area contributed by atoms with E-state index in [-0.39, 0.29) is 0 Å². The average molecular weight is 189 g/mol. The van der Waals surface area contributed by atoms with Gasteiger partial charge < -0.3 is 5.32 Å². The Bertz CT molecular complexity index is 397. The van der Waals surface area contributed by atoms with Gasteiger partial charge in [-0.05, 0) is 18.2 Å². The molecule has 1 N–H and O–H groups in total. The van der Waals surface area contributed by atoms with Crippen LogP contribution in [0, 0.1) is 0 Å². The van der Waals surface area contributed by atoms with Crippen LogP contribution in [0.25, 0.3) is 11.8 Å². The Morgan fingerprint density at radius 1 is 1.64 bits per heavy atom. The maximum atomic E-state index is 4.15. The van der Waals surface area contributed by atoms with Gasteiger partial charge in [-0.15, -0.1) is 20.7 Å².